The zero-order valence-corrected chi connectivity index (χ0v) is 20.5. The second kappa shape index (κ2) is 10.2. The van der Waals surface area contributed by atoms with Gasteiger partial charge < -0.3 is 15.0 Å². The van der Waals surface area contributed by atoms with Crippen molar-refractivity contribution in [2.45, 2.75) is 44.3 Å². The lowest BCUT2D eigenvalue weighted by Crippen LogP contribution is -2.53. The molecule has 2 saturated heterocycles. The van der Waals surface area contributed by atoms with Gasteiger partial charge in [-0.15, -0.1) is 11.3 Å². The van der Waals surface area contributed by atoms with Gasteiger partial charge in [-0.05, 0) is 36.4 Å². The number of hydrogen-bond acceptors (Lipinski definition) is 9. The first-order valence-electron chi connectivity index (χ1n) is 11.0. The number of sulfonamides is 1. The molecular formula is C22H24N4O7S2. The second-order valence-electron chi connectivity index (χ2n) is 8.19. The Morgan fingerprint density at radius 1 is 1.29 bits per heavy atom. The minimum Gasteiger partial charge on any atom is -0.409 e. The molecule has 2 aromatic heterocycles. The van der Waals surface area contributed by atoms with E-state index in [1.165, 1.54) is 34.6 Å². The predicted octanol–water partition coefficient (Wildman–Crippen LogP) is 1.42. The van der Waals surface area contributed by atoms with Crippen LogP contribution in [0.1, 0.15) is 36.7 Å². The van der Waals surface area contributed by atoms with Gasteiger partial charge in [-0.2, -0.15) is 4.31 Å². The topological polar surface area (TPSA) is 143 Å². The Morgan fingerprint density at radius 3 is 2.74 bits per heavy atom. The van der Waals surface area contributed by atoms with Crippen LogP contribution in [-0.4, -0.2) is 76.7 Å². The average Bonchev–Trinajstić information content (AvgIpc) is 3.57. The minimum atomic E-state index is -4.52. The van der Waals surface area contributed by atoms with Crippen LogP contribution in [0.25, 0.3) is 0 Å². The molecule has 0 bridgehead atoms. The Hall–Kier alpha value is -3.16. The van der Waals surface area contributed by atoms with Crippen molar-refractivity contribution in [3.63, 3.8) is 0 Å². The molecule has 0 radical (unpaired) electrons. The van der Waals surface area contributed by atoms with Crippen molar-refractivity contribution < 1.29 is 32.3 Å². The number of rotatable bonds is 7. The van der Waals surface area contributed by atoms with Crippen molar-refractivity contribution in [1.82, 2.24) is 19.5 Å². The van der Waals surface area contributed by atoms with E-state index in [1.54, 1.807) is 22.9 Å². The standard InChI is InChI=1S/C22H24N4O7S2/c1-2-5-15(24-22(30)33-14-8-11-34-13-14)20(28)25-10-7-17-19(25)18(27)12-26(17)35(31,32)21(29)16-6-3-4-9-23-16/h3-4,6,8-9,11,13,15,17,19H,2,5,7,10,12H2,1H3,(H,24,30). The maximum Gasteiger partial charge on any atom is 0.413 e. The number of nitrogens with one attached hydrogen (secondary N) is 1. The fraction of sp³-hybridized carbons (Fsp3) is 0.409. The molecule has 2 fully saturated rings. The van der Waals surface area contributed by atoms with E-state index in [0.717, 1.165) is 4.31 Å². The molecule has 1 N–H and O–H groups in total. The Kier molecular flexibility index (Phi) is 7.28. The van der Waals surface area contributed by atoms with Crippen LogP contribution in [0.15, 0.2) is 41.2 Å². The lowest BCUT2D eigenvalue weighted by atomic mass is 10.1. The van der Waals surface area contributed by atoms with Gasteiger partial charge in [0, 0.05) is 18.1 Å². The lowest BCUT2D eigenvalue weighted by molar-refractivity contribution is -0.138. The molecular weight excluding hydrogens is 496 g/mol. The molecule has 2 aliphatic heterocycles. The van der Waals surface area contributed by atoms with Gasteiger partial charge in [-0.25, -0.2) is 13.2 Å². The number of pyridine rings is 1. The van der Waals surface area contributed by atoms with Gasteiger partial charge in [0.1, 0.15) is 23.5 Å². The summed E-state index contributed by atoms with van der Waals surface area (Å²) in [5, 5.41) is 4.74. The molecule has 35 heavy (non-hydrogen) atoms. The number of nitrogens with zero attached hydrogens (tertiary/aromatic N) is 3. The molecule has 186 valence electrons. The van der Waals surface area contributed by atoms with Crippen LogP contribution >= 0.6 is 11.3 Å². The Labute approximate surface area is 206 Å². The van der Waals surface area contributed by atoms with Crippen LogP contribution < -0.4 is 10.1 Å². The van der Waals surface area contributed by atoms with Crippen LogP contribution in [0.5, 0.6) is 5.75 Å². The van der Waals surface area contributed by atoms with Crippen molar-refractivity contribution in [2.75, 3.05) is 13.1 Å². The highest BCUT2D eigenvalue weighted by Gasteiger charge is 2.55. The summed E-state index contributed by atoms with van der Waals surface area (Å²) in [6.07, 6.45) is 1.58. The van der Waals surface area contributed by atoms with Crippen LogP contribution in [0.4, 0.5) is 4.79 Å². The number of aromatic nitrogens is 1. The second-order valence-corrected chi connectivity index (χ2v) is 10.8. The first kappa shape index (κ1) is 24.9. The summed E-state index contributed by atoms with van der Waals surface area (Å²) < 4.78 is 32.1. The first-order valence-corrected chi connectivity index (χ1v) is 13.4. The quantitative estimate of drug-likeness (QED) is 0.578. The smallest absolute Gasteiger partial charge is 0.409 e. The molecule has 3 atom stereocenters. The predicted molar refractivity (Wildman–Crippen MR) is 125 cm³/mol. The lowest BCUT2D eigenvalue weighted by Gasteiger charge is -2.27. The number of fused-ring (bicyclic) bond motifs is 1. The van der Waals surface area contributed by atoms with Gasteiger partial charge >= 0.3 is 11.2 Å². The van der Waals surface area contributed by atoms with Gasteiger partial charge in [0.25, 0.3) is 10.0 Å². The Balaban J connectivity index is 1.49. The largest absolute Gasteiger partial charge is 0.413 e. The fourth-order valence-electron chi connectivity index (χ4n) is 4.40. The fourth-order valence-corrected chi connectivity index (χ4v) is 6.42. The summed E-state index contributed by atoms with van der Waals surface area (Å²) in [5.41, 5.74) is -0.245. The molecule has 0 saturated carbocycles. The molecule has 0 spiro atoms. The summed E-state index contributed by atoms with van der Waals surface area (Å²) in [6, 6.07) is 3.12. The van der Waals surface area contributed by atoms with Gasteiger partial charge in [-0.1, -0.05) is 19.4 Å². The summed E-state index contributed by atoms with van der Waals surface area (Å²) >= 11 is 1.35. The van der Waals surface area contributed by atoms with E-state index in [1.807, 2.05) is 6.92 Å². The number of thiophene rings is 1. The van der Waals surface area contributed by atoms with Crippen molar-refractivity contribution in [2.24, 2.45) is 0 Å². The van der Waals surface area contributed by atoms with Crippen molar-refractivity contribution >= 4 is 44.3 Å². The highest BCUT2D eigenvalue weighted by atomic mass is 32.2. The monoisotopic (exact) mass is 520 g/mol. The van der Waals surface area contributed by atoms with E-state index in [2.05, 4.69) is 10.3 Å². The van der Waals surface area contributed by atoms with Crippen LogP contribution in [0.3, 0.4) is 0 Å². The zero-order chi connectivity index (χ0) is 25.2. The summed E-state index contributed by atoms with van der Waals surface area (Å²) in [7, 11) is -4.52. The van der Waals surface area contributed by atoms with Crippen LogP contribution in [-0.2, 0) is 19.6 Å². The molecule has 0 aromatic carbocycles. The number of carbonyl (C=O) groups excluding carboxylic acids is 4. The summed E-state index contributed by atoms with van der Waals surface area (Å²) in [6.45, 7) is 1.45. The zero-order valence-electron chi connectivity index (χ0n) is 18.8. The number of ketones is 1. The first-order chi connectivity index (χ1) is 16.7. The van der Waals surface area contributed by atoms with Gasteiger partial charge in [0.15, 0.2) is 5.78 Å². The molecule has 3 unspecified atom stereocenters. The molecule has 2 aliphatic rings. The minimum absolute atomic E-state index is 0.116. The average molecular weight is 521 g/mol. The highest BCUT2D eigenvalue weighted by molar-refractivity contribution is 8.04. The van der Waals surface area contributed by atoms with Gasteiger partial charge in [0.05, 0.1) is 12.6 Å². The van der Waals surface area contributed by atoms with Crippen molar-refractivity contribution in [3.05, 3.63) is 46.9 Å². The third kappa shape index (κ3) is 4.97. The Morgan fingerprint density at radius 2 is 2.09 bits per heavy atom. The molecule has 0 aliphatic carbocycles. The number of Topliss-reactive ketones (excluding diaryl/α,β-unsaturated/α-hetero) is 1. The van der Waals surface area contributed by atoms with Crippen molar-refractivity contribution in [1.29, 1.82) is 0 Å². The maximum atomic E-state index is 13.3. The number of amides is 2. The number of carbonyl (C=O) groups is 4. The van der Waals surface area contributed by atoms with E-state index in [9.17, 15) is 27.6 Å². The van der Waals surface area contributed by atoms with E-state index in [0.29, 0.717) is 18.6 Å². The number of likely N-dealkylation sites (tertiary alicyclic amines) is 1. The van der Waals surface area contributed by atoms with Gasteiger partial charge in [0.2, 0.25) is 5.91 Å². The van der Waals surface area contributed by atoms with Gasteiger partial charge in [-0.3, -0.25) is 19.4 Å². The molecule has 11 nitrogen and oxygen atoms in total. The van der Waals surface area contributed by atoms with E-state index >= 15 is 0 Å². The van der Waals surface area contributed by atoms with E-state index < -0.39 is 57.6 Å². The van der Waals surface area contributed by atoms with Crippen molar-refractivity contribution in [3.8, 4) is 5.75 Å². The molecule has 13 heteroatoms. The maximum absolute atomic E-state index is 13.3. The molecule has 2 amide bonds. The molecule has 4 rings (SSSR count). The normalized spacial score (nSPS) is 20.9. The summed E-state index contributed by atoms with van der Waals surface area (Å²) in [5.74, 6) is -0.625. The summed E-state index contributed by atoms with van der Waals surface area (Å²) in [4.78, 5) is 56.3. The Bertz CT molecular complexity index is 1220. The van der Waals surface area contributed by atoms with E-state index in [-0.39, 0.29) is 18.7 Å². The van der Waals surface area contributed by atoms with Crippen LogP contribution in [0, 0.1) is 0 Å². The number of hydrogen-bond donors (Lipinski definition) is 1. The number of ether oxygens (including phenoxy) is 1. The molecule has 2 aromatic rings. The highest BCUT2D eigenvalue weighted by Crippen LogP contribution is 2.33. The SMILES string of the molecule is CCCC(NC(=O)Oc1ccsc1)C(=O)N1CCC2C1C(=O)CN2S(=O)(=O)C(=O)c1ccccn1. The third-order valence-electron chi connectivity index (χ3n) is 5.95. The van der Waals surface area contributed by atoms with E-state index in [4.69, 9.17) is 4.74 Å². The molecule has 4 heterocycles. The third-order valence-corrected chi connectivity index (χ3v) is 8.31. The van der Waals surface area contributed by atoms with Crippen LogP contribution in [0.2, 0.25) is 0 Å².